The van der Waals surface area contributed by atoms with Crippen LogP contribution in [0.4, 0.5) is 10.5 Å². The van der Waals surface area contributed by atoms with Crippen molar-refractivity contribution in [3.05, 3.63) is 54.1 Å². The van der Waals surface area contributed by atoms with Gasteiger partial charge in [-0.15, -0.1) is 0 Å². The van der Waals surface area contributed by atoms with Crippen LogP contribution in [0, 0.1) is 0 Å². The first kappa shape index (κ1) is 29.4. The Hall–Kier alpha value is -3.79. The first-order chi connectivity index (χ1) is 17.4. The van der Waals surface area contributed by atoms with Crippen molar-refractivity contribution in [2.24, 2.45) is 0 Å². The zero-order valence-electron chi connectivity index (χ0n) is 22.1. The third kappa shape index (κ3) is 8.38. The predicted octanol–water partition coefficient (Wildman–Crippen LogP) is 3.59. The predicted molar refractivity (Wildman–Crippen MR) is 139 cm³/mol. The Labute approximate surface area is 217 Å². The van der Waals surface area contributed by atoms with Crippen LogP contribution >= 0.6 is 0 Å². The number of hydrogen-bond acceptors (Lipinski definition) is 7. The van der Waals surface area contributed by atoms with E-state index in [2.05, 4.69) is 10.6 Å². The van der Waals surface area contributed by atoms with Crippen LogP contribution in [0.5, 0.6) is 11.5 Å². The minimum atomic E-state index is -1.35. The first-order valence-electron chi connectivity index (χ1n) is 12.1. The largest absolute Gasteiger partial charge is 0.508 e. The Morgan fingerprint density at radius 2 is 1.62 bits per heavy atom. The van der Waals surface area contributed by atoms with E-state index in [0.717, 1.165) is 0 Å². The molecule has 2 aromatic rings. The summed E-state index contributed by atoms with van der Waals surface area (Å²) in [4.78, 5) is 41.1. The fourth-order valence-electron chi connectivity index (χ4n) is 3.59. The molecule has 0 aromatic heterocycles. The van der Waals surface area contributed by atoms with E-state index < -0.39 is 48.2 Å². The molecule has 2 rings (SSSR count). The number of phenolic OH excluding ortho intramolecular Hbond substituents is 1. The number of methoxy groups -OCH3 is 1. The Balaban J connectivity index is 2.47. The number of phenols is 1. The van der Waals surface area contributed by atoms with Gasteiger partial charge in [0.2, 0.25) is 5.91 Å². The number of carbonyl (C=O) groups excluding carboxylic acids is 3. The van der Waals surface area contributed by atoms with Gasteiger partial charge in [-0.05, 0) is 76.1 Å². The molecule has 3 atom stereocenters. The normalized spacial score (nSPS) is 13.6. The number of nitrogens with zero attached hydrogens (tertiary/aromatic N) is 1. The van der Waals surface area contributed by atoms with Gasteiger partial charge in [-0.25, -0.2) is 4.79 Å². The van der Waals surface area contributed by atoms with Gasteiger partial charge in [-0.2, -0.15) is 0 Å². The summed E-state index contributed by atoms with van der Waals surface area (Å²) in [5.41, 5.74) is 0.110. The molecule has 0 spiro atoms. The van der Waals surface area contributed by atoms with E-state index >= 15 is 0 Å². The first-order valence-corrected chi connectivity index (χ1v) is 12.1. The topological polar surface area (TPSA) is 137 Å². The molecular formula is C27H37N3O7. The number of amides is 3. The monoisotopic (exact) mass is 515 g/mol. The summed E-state index contributed by atoms with van der Waals surface area (Å²) >= 11 is 0. The molecule has 0 fully saturated rings. The van der Waals surface area contributed by atoms with E-state index in [1.807, 2.05) is 6.92 Å². The van der Waals surface area contributed by atoms with Crippen molar-refractivity contribution in [3.63, 3.8) is 0 Å². The van der Waals surface area contributed by atoms with Crippen molar-refractivity contribution in [1.82, 2.24) is 10.2 Å². The van der Waals surface area contributed by atoms with Gasteiger partial charge in [0.1, 0.15) is 29.2 Å². The maximum atomic E-state index is 13.7. The highest BCUT2D eigenvalue weighted by Gasteiger charge is 2.38. The number of ether oxygens (including phenoxy) is 2. The summed E-state index contributed by atoms with van der Waals surface area (Å²) in [5.74, 6) is -0.563. The van der Waals surface area contributed by atoms with Crippen molar-refractivity contribution in [2.75, 3.05) is 19.0 Å². The lowest BCUT2D eigenvalue weighted by Gasteiger charge is -2.38. The summed E-state index contributed by atoms with van der Waals surface area (Å²) in [6, 6.07) is 9.71. The lowest BCUT2D eigenvalue weighted by Crippen LogP contribution is -2.56. The number of aromatic hydroxyl groups is 1. The zero-order valence-corrected chi connectivity index (χ0v) is 22.1. The molecule has 0 aliphatic rings. The molecule has 3 amide bonds. The fraction of sp³-hybridized carbons (Fsp3) is 0.444. The van der Waals surface area contributed by atoms with E-state index in [1.165, 1.54) is 24.1 Å². The number of carbonyl (C=O) groups is 3. The molecule has 4 N–H and O–H groups in total. The summed E-state index contributed by atoms with van der Waals surface area (Å²) < 4.78 is 10.4. The molecule has 10 nitrogen and oxygen atoms in total. The number of aliphatic hydroxyl groups is 1. The van der Waals surface area contributed by atoms with Crippen LogP contribution in [0.25, 0.3) is 0 Å². The number of aliphatic hydroxyl groups excluding tert-OH is 1. The fourth-order valence-corrected chi connectivity index (χ4v) is 3.59. The van der Waals surface area contributed by atoms with Gasteiger partial charge >= 0.3 is 6.09 Å². The average molecular weight is 516 g/mol. The molecule has 202 valence electrons. The Morgan fingerprint density at radius 3 is 2.11 bits per heavy atom. The molecule has 0 bridgehead atoms. The van der Waals surface area contributed by atoms with Crippen molar-refractivity contribution >= 4 is 23.6 Å². The second kappa shape index (κ2) is 13.0. The van der Waals surface area contributed by atoms with Gasteiger partial charge in [-0.1, -0.05) is 19.1 Å². The summed E-state index contributed by atoms with van der Waals surface area (Å²) in [5, 5.41) is 25.0. The number of anilines is 1. The molecule has 0 saturated heterocycles. The SMILES string of the molecule is CCC(C)N(C(=O)C(CO)NC(=O)OC(C)(C)C)C(C(=O)Nc1ccc(OC)cc1)c1ccc(O)cc1. The van der Waals surface area contributed by atoms with Gasteiger partial charge in [0.25, 0.3) is 5.91 Å². The van der Waals surface area contributed by atoms with Crippen molar-refractivity contribution < 1.29 is 34.1 Å². The molecule has 0 aliphatic carbocycles. The quantitative estimate of drug-likeness (QED) is 0.379. The second-order valence-electron chi connectivity index (χ2n) is 9.60. The average Bonchev–Trinajstić information content (AvgIpc) is 2.85. The van der Waals surface area contributed by atoms with Gasteiger partial charge in [-0.3, -0.25) is 9.59 Å². The summed E-state index contributed by atoms with van der Waals surface area (Å²) in [7, 11) is 1.53. The maximum Gasteiger partial charge on any atom is 0.408 e. The van der Waals surface area contributed by atoms with E-state index in [1.54, 1.807) is 64.1 Å². The van der Waals surface area contributed by atoms with Crippen LogP contribution in [0.3, 0.4) is 0 Å². The van der Waals surface area contributed by atoms with E-state index in [0.29, 0.717) is 23.4 Å². The highest BCUT2D eigenvalue weighted by atomic mass is 16.6. The van der Waals surface area contributed by atoms with Crippen LogP contribution in [-0.2, 0) is 14.3 Å². The molecule has 0 aliphatic heterocycles. The molecule has 37 heavy (non-hydrogen) atoms. The van der Waals surface area contributed by atoms with Crippen LogP contribution in [0.2, 0.25) is 0 Å². The smallest absolute Gasteiger partial charge is 0.408 e. The van der Waals surface area contributed by atoms with Gasteiger partial charge in [0, 0.05) is 11.7 Å². The maximum absolute atomic E-state index is 13.7. The molecule has 2 aromatic carbocycles. The minimum absolute atomic E-state index is 0.000642. The number of benzene rings is 2. The number of alkyl carbamates (subject to hydrolysis) is 1. The van der Waals surface area contributed by atoms with Crippen LogP contribution in [0.15, 0.2) is 48.5 Å². The molecule has 0 heterocycles. The second-order valence-corrected chi connectivity index (χ2v) is 9.60. The molecule has 0 radical (unpaired) electrons. The lowest BCUT2D eigenvalue weighted by atomic mass is 9.99. The van der Waals surface area contributed by atoms with Crippen molar-refractivity contribution in [3.8, 4) is 11.5 Å². The summed E-state index contributed by atoms with van der Waals surface area (Å²) in [6.45, 7) is 7.96. The van der Waals surface area contributed by atoms with Crippen LogP contribution in [0.1, 0.15) is 52.6 Å². The number of rotatable bonds is 10. The molecule has 10 heteroatoms. The van der Waals surface area contributed by atoms with Gasteiger partial charge in [0.15, 0.2) is 0 Å². The zero-order chi connectivity index (χ0) is 27.8. The van der Waals surface area contributed by atoms with Crippen LogP contribution < -0.4 is 15.4 Å². The van der Waals surface area contributed by atoms with Crippen LogP contribution in [-0.4, -0.2) is 64.4 Å². The third-order valence-corrected chi connectivity index (χ3v) is 5.58. The van der Waals surface area contributed by atoms with E-state index in [9.17, 15) is 24.6 Å². The minimum Gasteiger partial charge on any atom is -0.508 e. The van der Waals surface area contributed by atoms with Crippen molar-refractivity contribution in [1.29, 1.82) is 0 Å². The lowest BCUT2D eigenvalue weighted by molar-refractivity contribution is -0.144. The number of nitrogens with one attached hydrogen (secondary N) is 2. The third-order valence-electron chi connectivity index (χ3n) is 5.58. The highest BCUT2D eigenvalue weighted by molar-refractivity contribution is 5.99. The van der Waals surface area contributed by atoms with Gasteiger partial charge in [0.05, 0.1) is 13.7 Å². The summed E-state index contributed by atoms with van der Waals surface area (Å²) in [6.07, 6.45) is -0.381. The highest BCUT2D eigenvalue weighted by Crippen LogP contribution is 2.29. The Kier molecular flexibility index (Phi) is 10.3. The Morgan fingerprint density at radius 1 is 1.03 bits per heavy atom. The number of hydrogen-bond donors (Lipinski definition) is 4. The van der Waals surface area contributed by atoms with Gasteiger partial charge < -0.3 is 35.2 Å². The molecule has 3 unspecified atom stereocenters. The Bertz CT molecular complexity index is 1050. The van der Waals surface area contributed by atoms with Crippen molar-refractivity contribution in [2.45, 2.75) is 64.8 Å². The molecule has 0 saturated carbocycles. The molecular weight excluding hydrogens is 478 g/mol. The van der Waals surface area contributed by atoms with E-state index in [-0.39, 0.29) is 5.75 Å². The van der Waals surface area contributed by atoms with E-state index in [4.69, 9.17) is 9.47 Å². The standard InChI is InChI=1S/C27H37N3O7/c1-7-17(2)30(25(34)22(16-31)29-26(35)37-27(3,4)5)23(18-8-12-20(32)13-9-18)24(33)28-19-10-14-21(36-6)15-11-19/h8-15,17,22-23,31-32H,7,16H2,1-6H3,(H,28,33)(H,29,35).